The van der Waals surface area contributed by atoms with E-state index in [1.807, 2.05) is 20.8 Å². The SMILES string of the molecule is Cc1nc2c(N=Nc3cc(Cl)c(S(N)(=O)=O)cc3Cl)c(C(C)(C)C)[nH]n2n1. The van der Waals surface area contributed by atoms with Crippen LogP contribution in [0, 0.1) is 6.92 Å². The summed E-state index contributed by atoms with van der Waals surface area (Å²) in [6.07, 6.45) is 0. The molecule has 3 rings (SSSR count). The number of halogens is 2. The standard InChI is InChI=1S/C15H17Cl2N7O2S/c1-7-19-14-12(13(15(2,3)4)23-24(14)22-7)21-20-10-5-9(17)11(6-8(10)16)27(18,25)26/h5-6,23H,1-4H3,(H2,18,25,26). The number of benzene rings is 1. The second-order valence-electron chi connectivity index (χ2n) is 6.96. The number of primary sulfonamides is 1. The van der Waals surface area contributed by atoms with Crippen molar-refractivity contribution >= 4 is 50.2 Å². The Bertz CT molecular complexity index is 1170. The summed E-state index contributed by atoms with van der Waals surface area (Å²) in [7, 11) is -4.00. The van der Waals surface area contributed by atoms with Crippen LogP contribution in [-0.4, -0.2) is 28.2 Å². The number of nitrogens with zero attached hydrogens (tertiary/aromatic N) is 5. The average Bonchev–Trinajstić information content (AvgIpc) is 3.02. The monoisotopic (exact) mass is 429 g/mol. The van der Waals surface area contributed by atoms with Crippen LogP contribution in [0.5, 0.6) is 0 Å². The molecule has 3 N–H and O–H groups in total. The molecule has 0 unspecified atom stereocenters. The van der Waals surface area contributed by atoms with Crippen molar-refractivity contribution in [2.45, 2.75) is 38.0 Å². The summed E-state index contributed by atoms with van der Waals surface area (Å²) in [5.74, 6) is 0.580. The molecule has 0 aliphatic carbocycles. The van der Waals surface area contributed by atoms with Gasteiger partial charge < -0.3 is 0 Å². The van der Waals surface area contributed by atoms with Gasteiger partial charge in [0.1, 0.15) is 16.4 Å². The van der Waals surface area contributed by atoms with Crippen LogP contribution in [-0.2, 0) is 15.4 Å². The topological polar surface area (TPSA) is 131 Å². The second-order valence-corrected chi connectivity index (χ2v) is 9.30. The molecule has 0 amide bonds. The lowest BCUT2D eigenvalue weighted by atomic mass is 9.91. The molecule has 0 radical (unpaired) electrons. The zero-order valence-corrected chi connectivity index (χ0v) is 17.3. The van der Waals surface area contributed by atoms with E-state index in [0.29, 0.717) is 17.2 Å². The number of aryl methyl sites for hydroxylation is 1. The van der Waals surface area contributed by atoms with Crippen LogP contribution in [0.3, 0.4) is 0 Å². The van der Waals surface area contributed by atoms with E-state index in [1.54, 1.807) is 6.92 Å². The average molecular weight is 430 g/mol. The van der Waals surface area contributed by atoms with Crippen molar-refractivity contribution in [1.82, 2.24) is 19.8 Å². The van der Waals surface area contributed by atoms with Crippen LogP contribution >= 0.6 is 23.2 Å². The molecular formula is C15H17Cl2N7O2S. The van der Waals surface area contributed by atoms with Crippen molar-refractivity contribution in [3.05, 3.63) is 33.7 Å². The van der Waals surface area contributed by atoms with E-state index in [-0.39, 0.29) is 26.0 Å². The first-order valence-corrected chi connectivity index (χ1v) is 10.1. The molecule has 144 valence electrons. The molecule has 0 spiro atoms. The van der Waals surface area contributed by atoms with E-state index < -0.39 is 10.0 Å². The van der Waals surface area contributed by atoms with Gasteiger partial charge in [-0.25, -0.2) is 18.5 Å². The predicted octanol–water partition coefficient (Wildman–Crippen LogP) is 4.03. The number of H-pyrrole nitrogens is 1. The number of hydrogen-bond donors (Lipinski definition) is 2. The van der Waals surface area contributed by atoms with Crippen LogP contribution in [0.2, 0.25) is 10.0 Å². The van der Waals surface area contributed by atoms with E-state index in [9.17, 15) is 8.42 Å². The van der Waals surface area contributed by atoms with Crippen molar-refractivity contribution in [2.75, 3.05) is 0 Å². The number of fused-ring (bicyclic) bond motifs is 1. The molecule has 3 aromatic rings. The van der Waals surface area contributed by atoms with Crippen LogP contribution in [0.1, 0.15) is 32.3 Å². The Labute approximate surface area is 165 Å². The molecule has 0 fully saturated rings. The normalized spacial score (nSPS) is 13.1. The fraction of sp³-hybridized carbons (Fsp3) is 0.333. The highest BCUT2D eigenvalue weighted by atomic mass is 35.5. The minimum absolute atomic E-state index is 0.0497. The number of azo groups is 1. The predicted molar refractivity (Wildman–Crippen MR) is 103 cm³/mol. The lowest BCUT2D eigenvalue weighted by molar-refractivity contribution is 0.557. The molecule has 9 nitrogen and oxygen atoms in total. The van der Waals surface area contributed by atoms with E-state index in [0.717, 1.165) is 11.8 Å². The summed E-state index contributed by atoms with van der Waals surface area (Å²) >= 11 is 12.1. The molecule has 2 aromatic heterocycles. The molecule has 12 heteroatoms. The highest BCUT2D eigenvalue weighted by molar-refractivity contribution is 7.89. The number of nitrogens with one attached hydrogen (secondary N) is 1. The van der Waals surface area contributed by atoms with Gasteiger partial charge in [-0.2, -0.15) is 4.63 Å². The van der Waals surface area contributed by atoms with Gasteiger partial charge in [-0.1, -0.05) is 44.0 Å². The zero-order chi connectivity index (χ0) is 20.1. The summed E-state index contributed by atoms with van der Waals surface area (Å²) in [6.45, 7) is 7.79. The maximum absolute atomic E-state index is 11.5. The Hall–Kier alpha value is -2.01. The van der Waals surface area contributed by atoms with Gasteiger partial charge >= 0.3 is 0 Å². The second kappa shape index (κ2) is 6.55. The number of aromatic amines is 1. The fourth-order valence-electron chi connectivity index (χ4n) is 2.45. The molecule has 0 bridgehead atoms. The Balaban J connectivity index is 2.13. The summed E-state index contributed by atoms with van der Waals surface area (Å²) in [6, 6.07) is 2.44. The van der Waals surface area contributed by atoms with E-state index >= 15 is 0 Å². The third-order valence-corrected chi connectivity index (χ3v) is 5.37. The van der Waals surface area contributed by atoms with Crippen molar-refractivity contribution in [3.63, 3.8) is 0 Å². The third-order valence-electron chi connectivity index (χ3n) is 3.69. The maximum atomic E-state index is 11.5. The van der Waals surface area contributed by atoms with Gasteiger partial charge in [0.15, 0.2) is 5.69 Å². The summed E-state index contributed by atoms with van der Waals surface area (Å²) in [4.78, 5) is 4.08. The molecule has 27 heavy (non-hydrogen) atoms. The van der Waals surface area contributed by atoms with Gasteiger partial charge in [0.25, 0.3) is 0 Å². The Morgan fingerprint density at radius 2 is 1.85 bits per heavy atom. The Kier molecular flexibility index (Phi) is 4.79. The van der Waals surface area contributed by atoms with Crippen molar-refractivity contribution in [1.29, 1.82) is 0 Å². The molecule has 0 saturated heterocycles. The first-order valence-electron chi connectivity index (χ1n) is 7.77. The van der Waals surface area contributed by atoms with Crippen LogP contribution < -0.4 is 5.14 Å². The van der Waals surface area contributed by atoms with Gasteiger partial charge in [0.05, 0.1) is 15.7 Å². The van der Waals surface area contributed by atoms with Gasteiger partial charge in [-0.3, -0.25) is 5.10 Å². The fourth-order valence-corrected chi connectivity index (χ4v) is 3.81. The summed E-state index contributed by atoms with van der Waals surface area (Å²) < 4.78 is 24.6. The molecule has 0 saturated carbocycles. The van der Waals surface area contributed by atoms with Gasteiger partial charge in [-0.15, -0.1) is 15.3 Å². The Morgan fingerprint density at radius 1 is 1.19 bits per heavy atom. The maximum Gasteiger partial charge on any atom is 0.239 e. The third kappa shape index (κ3) is 3.84. The van der Waals surface area contributed by atoms with Crippen LogP contribution in [0.15, 0.2) is 27.3 Å². The summed E-state index contributed by atoms with van der Waals surface area (Å²) in [5, 5.41) is 20.9. The van der Waals surface area contributed by atoms with Gasteiger partial charge in [0.2, 0.25) is 15.7 Å². The number of hydrogen-bond acceptors (Lipinski definition) is 6. The van der Waals surface area contributed by atoms with Crippen molar-refractivity contribution in [3.8, 4) is 0 Å². The van der Waals surface area contributed by atoms with E-state index in [2.05, 4.69) is 25.4 Å². The largest absolute Gasteiger partial charge is 0.277 e. The van der Waals surface area contributed by atoms with Crippen molar-refractivity contribution < 1.29 is 8.42 Å². The van der Waals surface area contributed by atoms with Crippen LogP contribution in [0.25, 0.3) is 5.65 Å². The van der Waals surface area contributed by atoms with Gasteiger partial charge in [-0.05, 0) is 19.1 Å². The zero-order valence-electron chi connectivity index (χ0n) is 14.9. The van der Waals surface area contributed by atoms with Crippen molar-refractivity contribution in [2.24, 2.45) is 15.4 Å². The highest BCUT2D eigenvalue weighted by Crippen LogP contribution is 2.37. The number of rotatable bonds is 3. The molecule has 0 aliphatic rings. The first kappa shape index (κ1) is 19.7. The molecule has 0 aliphatic heterocycles. The highest BCUT2D eigenvalue weighted by Gasteiger charge is 2.25. The smallest absolute Gasteiger partial charge is 0.239 e. The lowest BCUT2D eigenvalue weighted by Crippen LogP contribution is -2.12. The van der Waals surface area contributed by atoms with E-state index in [4.69, 9.17) is 28.3 Å². The molecule has 0 atom stereocenters. The Morgan fingerprint density at radius 3 is 2.44 bits per heavy atom. The van der Waals surface area contributed by atoms with E-state index in [1.165, 1.54) is 10.7 Å². The first-order chi connectivity index (χ1) is 12.4. The minimum atomic E-state index is -4.00. The number of aromatic nitrogens is 4. The molecule has 1 aromatic carbocycles. The quantitative estimate of drug-likeness (QED) is 0.607. The molecular weight excluding hydrogens is 413 g/mol. The number of nitrogens with two attached hydrogens (primary N) is 1. The summed E-state index contributed by atoms with van der Waals surface area (Å²) in [5.41, 5.74) is 1.73. The van der Waals surface area contributed by atoms with Crippen LogP contribution in [0.4, 0.5) is 11.4 Å². The number of sulfonamides is 1. The molecule has 2 heterocycles. The lowest BCUT2D eigenvalue weighted by Gasteiger charge is -2.16. The van der Waals surface area contributed by atoms with Gasteiger partial charge in [0, 0.05) is 5.41 Å². The minimum Gasteiger partial charge on any atom is -0.277 e.